The predicted octanol–water partition coefficient (Wildman–Crippen LogP) is 1.06. The molecular weight excluding hydrogens is 274 g/mol. The minimum Gasteiger partial charge on any atom is -0.290 e. The third kappa shape index (κ3) is 2.90. The summed E-state index contributed by atoms with van der Waals surface area (Å²) in [6.07, 6.45) is 0. The molecule has 0 aliphatic carbocycles. The van der Waals surface area contributed by atoms with Crippen LogP contribution in [-0.2, 0) is 6.54 Å². The second kappa shape index (κ2) is 5.71. The van der Waals surface area contributed by atoms with E-state index in [2.05, 4.69) is 10.5 Å². The molecule has 0 fully saturated rings. The van der Waals surface area contributed by atoms with Crippen molar-refractivity contribution < 1.29 is 9.72 Å². The molecule has 1 aromatic heterocycles. The third-order valence-corrected chi connectivity index (χ3v) is 3.18. The highest BCUT2D eigenvalue weighted by Gasteiger charge is 2.21. The number of amides is 1. The number of nitro groups is 1. The van der Waals surface area contributed by atoms with Gasteiger partial charge in [-0.05, 0) is 31.5 Å². The Morgan fingerprint density at radius 1 is 1.48 bits per heavy atom. The fraction of sp³-hybridized carbons (Fsp3) is 0.231. The van der Waals surface area contributed by atoms with E-state index in [1.54, 1.807) is 36.7 Å². The summed E-state index contributed by atoms with van der Waals surface area (Å²) in [5.41, 5.74) is 4.15. The zero-order valence-electron chi connectivity index (χ0n) is 11.7. The van der Waals surface area contributed by atoms with Crippen LogP contribution < -0.4 is 11.3 Å². The lowest BCUT2D eigenvalue weighted by molar-refractivity contribution is -0.386. The molecule has 0 saturated heterocycles. The van der Waals surface area contributed by atoms with Gasteiger partial charge in [-0.2, -0.15) is 5.10 Å². The predicted molar refractivity (Wildman–Crippen MR) is 75.6 cm³/mol. The highest BCUT2D eigenvalue weighted by molar-refractivity contribution is 5.93. The molecule has 0 aliphatic heterocycles. The van der Waals surface area contributed by atoms with E-state index < -0.39 is 10.8 Å². The Morgan fingerprint density at radius 2 is 2.19 bits per heavy atom. The summed E-state index contributed by atoms with van der Waals surface area (Å²) in [5.74, 6) is 4.70. The zero-order chi connectivity index (χ0) is 15.6. The molecule has 1 amide bonds. The van der Waals surface area contributed by atoms with Crippen molar-refractivity contribution in [3.63, 3.8) is 0 Å². The van der Waals surface area contributed by atoms with Crippen molar-refractivity contribution in [2.75, 3.05) is 0 Å². The van der Waals surface area contributed by atoms with Crippen LogP contribution in [0.4, 0.5) is 5.69 Å². The SMILES string of the molecule is Cc1nn(Cc2cccc(C(=O)NN)c2)c(C)c1[N+](=O)[O-]. The summed E-state index contributed by atoms with van der Waals surface area (Å²) < 4.78 is 1.55. The lowest BCUT2D eigenvalue weighted by atomic mass is 10.1. The first-order valence-electron chi connectivity index (χ1n) is 6.22. The number of benzene rings is 1. The maximum Gasteiger partial charge on any atom is 0.312 e. The molecule has 0 aliphatic rings. The van der Waals surface area contributed by atoms with Crippen molar-refractivity contribution in [2.45, 2.75) is 20.4 Å². The molecule has 8 nitrogen and oxygen atoms in total. The third-order valence-electron chi connectivity index (χ3n) is 3.18. The van der Waals surface area contributed by atoms with Crippen LogP contribution in [0, 0.1) is 24.0 Å². The van der Waals surface area contributed by atoms with Gasteiger partial charge in [0.05, 0.1) is 11.5 Å². The first-order valence-corrected chi connectivity index (χ1v) is 6.22. The van der Waals surface area contributed by atoms with E-state index in [4.69, 9.17) is 5.84 Å². The molecule has 3 N–H and O–H groups in total. The van der Waals surface area contributed by atoms with Crippen LogP contribution >= 0.6 is 0 Å². The van der Waals surface area contributed by atoms with Gasteiger partial charge < -0.3 is 0 Å². The molecule has 0 spiro atoms. The second-order valence-corrected chi connectivity index (χ2v) is 4.61. The number of hydrogen-bond acceptors (Lipinski definition) is 5. The number of hydrogen-bond donors (Lipinski definition) is 2. The fourth-order valence-electron chi connectivity index (χ4n) is 2.17. The number of rotatable bonds is 4. The standard InChI is InChI=1S/C13H15N5O3/c1-8-12(18(20)21)9(2)17(16-8)7-10-4-3-5-11(6-10)13(19)15-14/h3-6H,7,14H2,1-2H3,(H,15,19). The van der Waals surface area contributed by atoms with E-state index in [-0.39, 0.29) is 5.69 Å². The van der Waals surface area contributed by atoms with Gasteiger partial charge in [-0.25, -0.2) is 5.84 Å². The Bertz CT molecular complexity index is 708. The maximum atomic E-state index is 11.5. The minimum atomic E-state index is -0.438. The Morgan fingerprint density at radius 3 is 2.76 bits per heavy atom. The molecule has 21 heavy (non-hydrogen) atoms. The zero-order valence-corrected chi connectivity index (χ0v) is 11.7. The average molecular weight is 289 g/mol. The van der Waals surface area contributed by atoms with Gasteiger partial charge >= 0.3 is 5.69 Å². The van der Waals surface area contributed by atoms with Gasteiger partial charge in [0, 0.05) is 5.56 Å². The van der Waals surface area contributed by atoms with Crippen molar-refractivity contribution in [1.82, 2.24) is 15.2 Å². The molecule has 1 aromatic carbocycles. The first-order chi connectivity index (χ1) is 9.93. The summed E-state index contributed by atoms with van der Waals surface area (Å²) in [5, 5.41) is 15.1. The Labute approximate surface area is 120 Å². The summed E-state index contributed by atoms with van der Waals surface area (Å²) >= 11 is 0. The van der Waals surface area contributed by atoms with Crippen molar-refractivity contribution in [3.8, 4) is 0 Å². The Hall–Kier alpha value is -2.74. The summed E-state index contributed by atoms with van der Waals surface area (Å²) in [4.78, 5) is 22.0. The number of nitrogens with zero attached hydrogens (tertiary/aromatic N) is 3. The molecule has 0 saturated carbocycles. The van der Waals surface area contributed by atoms with Gasteiger partial charge in [-0.3, -0.25) is 25.0 Å². The second-order valence-electron chi connectivity index (χ2n) is 4.61. The lowest BCUT2D eigenvalue weighted by Gasteiger charge is -2.06. The molecule has 8 heteroatoms. The molecule has 0 atom stereocenters. The topological polar surface area (TPSA) is 116 Å². The molecule has 2 aromatic rings. The quantitative estimate of drug-likeness (QED) is 0.378. The van der Waals surface area contributed by atoms with Crippen LogP contribution in [0.1, 0.15) is 27.3 Å². The number of aryl methyl sites for hydroxylation is 1. The lowest BCUT2D eigenvalue weighted by Crippen LogP contribution is -2.30. The normalized spacial score (nSPS) is 10.4. The smallest absolute Gasteiger partial charge is 0.290 e. The molecule has 1 heterocycles. The van der Waals surface area contributed by atoms with Crippen molar-refractivity contribution in [1.29, 1.82) is 0 Å². The van der Waals surface area contributed by atoms with Gasteiger partial charge in [-0.15, -0.1) is 0 Å². The van der Waals surface area contributed by atoms with Gasteiger partial charge in [0.2, 0.25) is 0 Å². The molecule has 0 radical (unpaired) electrons. The number of nitrogens with one attached hydrogen (secondary N) is 1. The van der Waals surface area contributed by atoms with Gasteiger partial charge in [0.1, 0.15) is 11.4 Å². The minimum absolute atomic E-state index is 0.0193. The average Bonchev–Trinajstić information content (AvgIpc) is 2.72. The fourth-order valence-corrected chi connectivity index (χ4v) is 2.17. The number of hydrazine groups is 1. The number of carbonyl (C=O) groups excluding carboxylic acids is 1. The van der Waals surface area contributed by atoms with Crippen LogP contribution in [0.25, 0.3) is 0 Å². The number of nitrogen functional groups attached to an aromatic ring is 1. The van der Waals surface area contributed by atoms with Gasteiger partial charge in [0.25, 0.3) is 5.91 Å². The molecule has 0 unspecified atom stereocenters. The van der Waals surface area contributed by atoms with Crippen LogP contribution in [0.15, 0.2) is 24.3 Å². The summed E-state index contributed by atoms with van der Waals surface area (Å²) in [6, 6.07) is 6.84. The number of aromatic nitrogens is 2. The summed E-state index contributed by atoms with van der Waals surface area (Å²) in [7, 11) is 0. The van der Waals surface area contributed by atoms with Crippen LogP contribution in [0.2, 0.25) is 0 Å². The van der Waals surface area contributed by atoms with Gasteiger partial charge in [0.15, 0.2) is 0 Å². The summed E-state index contributed by atoms with van der Waals surface area (Å²) in [6.45, 7) is 3.58. The van der Waals surface area contributed by atoms with E-state index >= 15 is 0 Å². The highest BCUT2D eigenvalue weighted by atomic mass is 16.6. The van der Waals surface area contributed by atoms with Crippen molar-refractivity contribution in [2.24, 2.45) is 5.84 Å². The van der Waals surface area contributed by atoms with Crippen molar-refractivity contribution >= 4 is 11.6 Å². The van der Waals surface area contributed by atoms with Crippen LogP contribution in [0.5, 0.6) is 0 Å². The number of carbonyl (C=O) groups is 1. The van der Waals surface area contributed by atoms with Crippen molar-refractivity contribution in [3.05, 3.63) is 56.9 Å². The molecule has 0 bridgehead atoms. The van der Waals surface area contributed by atoms with E-state index in [1.165, 1.54) is 0 Å². The largest absolute Gasteiger partial charge is 0.312 e. The first kappa shape index (κ1) is 14.7. The molecule has 2 rings (SSSR count). The van der Waals surface area contributed by atoms with E-state index in [0.29, 0.717) is 23.5 Å². The van der Waals surface area contributed by atoms with Crippen LogP contribution in [0.3, 0.4) is 0 Å². The Balaban J connectivity index is 2.33. The monoisotopic (exact) mass is 289 g/mol. The maximum absolute atomic E-state index is 11.5. The number of nitrogens with two attached hydrogens (primary N) is 1. The van der Waals surface area contributed by atoms with Gasteiger partial charge in [-0.1, -0.05) is 12.1 Å². The Kier molecular flexibility index (Phi) is 3.99. The molecule has 110 valence electrons. The van der Waals surface area contributed by atoms with Crippen LogP contribution in [-0.4, -0.2) is 20.6 Å². The van der Waals surface area contributed by atoms with E-state index in [1.807, 2.05) is 6.07 Å². The molecular formula is C13H15N5O3. The highest BCUT2D eigenvalue weighted by Crippen LogP contribution is 2.22. The van der Waals surface area contributed by atoms with E-state index in [0.717, 1.165) is 5.56 Å². The van der Waals surface area contributed by atoms with E-state index in [9.17, 15) is 14.9 Å².